The quantitative estimate of drug-likeness (QED) is 0.160. The van der Waals surface area contributed by atoms with E-state index in [-0.39, 0.29) is 0 Å². The zero-order chi connectivity index (χ0) is 32.7. The number of aryl methyl sites for hydroxylation is 2. The molecule has 0 aliphatic heterocycles. The summed E-state index contributed by atoms with van der Waals surface area (Å²) in [7, 11) is 0. The summed E-state index contributed by atoms with van der Waals surface area (Å²) in [5.74, 6) is 0. The maximum Gasteiger partial charge on any atom is -0.0184 e. The molecule has 0 unspecified atom stereocenters. The van der Waals surface area contributed by atoms with Crippen molar-refractivity contribution in [2.45, 2.75) is 41.5 Å². The van der Waals surface area contributed by atoms with E-state index >= 15 is 0 Å². The normalized spacial score (nSPS) is 10.7. The van der Waals surface area contributed by atoms with Crippen molar-refractivity contribution in [3.8, 4) is 33.4 Å². The van der Waals surface area contributed by atoms with Crippen LogP contribution >= 0.6 is 0 Å². The summed E-state index contributed by atoms with van der Waals surface area (Å²) in [6.45, 7) is 12.2. The molecule has 0 atom stereocenters. The highest BCUT2D eigenvalue weighted by atomic mass is 14.1. The minimum Gasteiger partial charge on any atom is -0.0683 e. The van der Waals surface area contributed by atoms with E-state index < -0.39 is 0 Å². The van der Waals surface area contributed by atoms with Gasteiger partial charge in [-0.25, -0.2) is 0 Å². The Hall–Kier alpha value is -5.20. The van der Waals surface area contributed by atoms with Crippen molar-refractivity contribution < 1.29 is 0 Å². The second-order valence-corrected chi connectivity index (χ2v) is 10.9. The van der Waals surface area contributed by atoms with Gasteiger partial charge in [-0.1, -0.05) is 209 Å². The van der Waals surface area contributed by atoms with Crippen molar-refractivity contribution in [1.29, 1.82) is 0 Å². The lowest BCUT2D eigenvalue weighted by Gasteiger charge is -2.05. The molecular formula is C46H46. The fourth-order valence-electron chi connectivity index (χ4n) is 5.02. The van der Waals surface area contributed by atoms with Gasteiger partial charge >= 0.3 is 0 Å². The van der Waals surface area contributed by atoms with E-state index in [1.165, 1.54) is 66.8 Å². The smallest absolute Gasteiger partial charge is 0.0184 e. The maximum absolute atomic E-state index is 2.20. The monoisotopic (exact) mass is 598 g/mol. The molecule has 0 N–H and O–H groups in total. The Bertz CT molecular complexity index is 1660. The Morgan fingerprint density at radius 3 is 0.565 bits per heavy atom. The average molecular weight is 599 g/mol. The summed E-state index contributed by atoms with van der Waals surface area (Å²) in [5.41, 5.74) is 14.8. The van der Waals surface area contributed by atoms with Crippen molar-refractivity contribution >= 4 is 24.3 Å². The molecule has 0 bridgehead atoms. The van der Waals surface area contributed by atoms with Crippen molar-refractivity contribution in [3.63, 3.8) is 0 Å². The molecule has 0 fully saturated rings. The minimum absolute atomic E-state index is 1.19. The van der Waals surface area contributed by atoms with Gasteiger partial charge in [0.25, 0.3) is 0 Å². The Morgan fingerprint density at radius 2 is 0.391 bits per heavy atom. The first-order chi connectivity index (χ1) is 22.6. The predicted molar refractivity (Wildman–Crippen MR) is 206 cm³/mol. The van der Waals surface area contributed by atoms with Crippen LogP contribution in [-0.2, 0) is 0 Å². The second-order valence-electron chi connectivity index (χ2n) is 10.9. The van der Waals surface area contributed by atoms with Gasteiger partial charge in [-0.05, 0) is 69.5 Å². The van der Waals surface area contributed by atoms with E-state index in [9.17, 15) is 0 Å². The van der Waals surface area contributed by atoms with E-state index in [2.05, 4.69) is 184 Å². The Balaban J connectivity index is 0.00000116. The first-order valence-corrected chi connectivity index (χ1v) is 16.5. The summed E-state index contributed by atoms with van der Waals surface area (Å²) in [6.07, 6.45) is 8.69. The molecule has 0 aromatic heterocycles. The molecule has 6 aromatic rings. The molecule has 0 heteroatoms. The summed E-state index contributed by atoms with van der Waals surface area (Å²) >= 11 is 0. The highest BCUT2D eigenvalue weighted by molar-refractivity contribution is 5.76. The molecule has 0 radical (unpaired) electrons. The van der Waals surface area contributed by atoms with Crippen LogP contribution in [0.4, 0.5) is 0 Å². The van der Waals surface area contributed by atoms with E-state index in [0.717, 1.165) is 0 Å². The van der Waals surface area contributed by atoms with E-state index in [0.29, 0.717) is 0 Å². The molecule has 0 spiro atoms. The molecule has 0 nitrogen and oxygen atoms in total. The lowest BCUT2D eigenvalue weighted by atomic mass is 10.0. The van der Waals surface area contributed by atoms with Gasteiger partial charge in [-0.2, -0.15) is 0 Å². The van der Waals surface area contributed by atoms with Gasteiger partial charge in [0.2, 0.25) is 0 Å². The Morgan fingerprint density at radius 1 is 0.239 bits per heavy atom. The van der Waals surface area contributed by atoms with Crippen molar-refractivity contribution in [2.24, 2.45) is 0 Å². The summed E-state index contributed by atoms with van der Waals surface area (Å²) in [6, 6.07) is 52.3. The third-order valence-corrected chi connectivity index (χ3v) is 7.68. The molecule has 0 heterocycles. The summed E-state index contributed by atoms with van der Waals surface area (Å²) < 4.78 is 0. The van der Waals surface area contributed by atoms with Crippen LogP contribution in [0, 0.1) is 13.8 Å². The molecule has 0 aliphatic rings. The molecular weight excluding hydrogens is 553 g/mol. The standard InChI is InChI=1S/C42H34.2C2H6/c1-31-3-19-37(20-4-31)39-23-11-33(12-24-39)7-9-35-15-27-41(28-16-35)42-29-17-36(18-30-42)10-8-34-13-25-40(26-14-34)38-21-5-32(2)6-22-38;2*1-2/h3-30H,1-2H3;2*1-2H3. The van der Waals surface area contributed by atoms with Crippen LogP contribution in [0.5, 0.6) is 0 Å². The third-order valence-electron chi connectivity index (χ3n) is 7.68. The zero-order valence-corrected chi connectivity index (χ0v) is 28.2. The fraction of sp³-hybridized carbons (Fsp3) is 0.130. The topological polar surface area (TPSA) is 0 Å². The fourth-order valence-corrected chi connectivity index (χ4v) is 5.02. The molecule has 0 amide bonds. The Kier molecular flexibility index (Phi) is 12.7. The van der Waals surface area contributed by atoms with Gasteiger partial charge in [-0.3, -0.25) is 0 Å². The SMILES string of the molecule is CC.CC.Cc1ccc(-c2ccc(C=Cc3ccc(-c4ccc(C=Cc5ccc(-c6ccc(C)cc6)cc5)cc4)cc3)cc2)cc1. The predicted octanol–water partition coefficient (Wildman–Crippen LogP) is 13.7. The molecule has 46 heavy (non-hydrogen) atoms. The maximum atomic E-state index is 2.20. The van der Waals surface area contributed by atoms with Crippen LogP contribution in [0.3, 0.4) is 0 Å². The van der Waals surface area contributed by atoms with E-state index in [1.807, 2.05) is 27.7 Å². The molecule has 0 saturated heterocycles. The van der Waals surface area contributed by atoms with Gasteiger partial charge in [0.05, 0.1) is 0 Å². The number of benzene rings is 6. The second kappa shape index (κ2) is 17.3. The first kappa shape index (κ1) is 33.7. The zero-order valence-electron chi connectivity index (χ0n) is 28.2. The third kappa shape index (κ3) is 9.40. The van der Waals surface area contributed by atoms with Crippen molar-refractivity contribution in [2.75, 3.05) is 0 Å². The molecule has 6 rings (SSSR count). The van der Waals surface area contributed by atoms with Crippen LogP contribution < -0.4 is 0 Å². The van der Waals surface area contributed by atoms with Gasteiger partial charge in [0.1, 0.15) is 0 Å². The number of hydrogen-bond acceptors (Lipinski definition) is 0. The van der Waals surface area contributed by atoms with Crippen LogP contribution in [0.1, 0.15) is 61.1 Å². The van der Waals surface area contributed by atoms with Crippen molar-refractivity contribution in [3.05, 3.63) is 179 Å². The lowest BCUT2D eigenvalue weighted by Crippen LogP contribution is -1.81. The van der Waals surface area contributed by atoms with Crippen LogP contribution in [-0.4, -0.2) is 0 Å². The molecule has 6 aromatic carbocycles. The van der Waals surface area contributed by atoms with Gasteiger partial charge in [0.15, 0.2) is 0 Å². The number of hydrogen-bond donors (Lipinski definition) is 0. The highest BCUT2D eigenvalue weighted by Crippen LogP contribution is 2.24. The van der Waals surface area contributed by atoms with Crippen molar-refractivity contribution in [1.82, 2.24) is 0 Å². The largest absolute Gasteiger partial charge is 0.0683 e. The van der Waals surface area contributed by atoms with Gasteiger partial charge < -0.3 is 0 Å². The van der Waals surface area contributed by atoms with Crippen LogP contribution in [0.15, 0.2) is 146 Å². The molecule has 0 aliphatic carbocycles. The Labute approximate surface area is 277 Å². The van der Waals surface area contributed by atoms with Gasteiger partial charge in [0, 0.05) is 0 Å². The van der Waals surface area contributed by atoms with Gasteiger partial charge in [-0.15, -0.1) is 0 Å². The van der Waals surface area contributed by atoms with Crippen LogP contribution in [0.25, 0.3) is 57.7 Å². The average Bonchev–Trinajstić information content (AvgIpc) is 3.13. The van der Waals surface area contributed by atoms with E-state index in [4.69, 9.17) is 0 Å². The molecule has 230 valence electrons. The highest BCUT2D eigenvalue weighted by Gasteiger charge is 2.00. The van der Waals surface area contributed by atoms with Crippen LogP contribution in [0.2, 0.25) is 0 Å². The molecule has 0 saturated carbocycles. The summed E-state index contributed by atoms with van der Waals surface area (Å²) in [5, 5.41) is 0. The summed E-state index contributed by atoms with van der Waals surface area (Å²) in [4.78, 5) is 0. The number of rotatable bonds is 7. The minimum atomic E-state index is 1.19. The first-order valence-electron chi connectivity index (χ1n) is 16.5. The van der Waals surface area contributed by atoms with E-state index in [1.54, 1.807) is 0 Å². The lowest BCUT2D eigenvalue weighted by molar-refractivity contribution is 1.47.